The molecule has 0 bridgehead atoms. The summed E-state index contributed by atoms with van der Waals surface area (Å²) in [6.45, 7) is 4.05. The van der Waals surface area contributed by atoms with E-state index in [-0.39, 0.29) is 11.5 Å². The number of H-pyrrole nitrogens is 1. The van der Waals surface area contributed by atoms with Gasteiger partial charge in [0.2, 0.25) is 0 Å². The van der Waals surface area contributed by atoms with Crippen molar-refractivity contribution in [2.75, 3.05) is 0 Å². The van der Waals surface area contributed by atoms with Crippen molar-refractivity contribution in [2.45, 2.75) is 19.8 Å². The molecular weight excluding hydrogens is 371 g/mol. The van der Waals surface area contributed by atoms with Gasteiger partial charge in [-0.2, -0.15) is 0 Å². The minimum absolute atomic E-state index is 0.0937. The second-order valence-electron chi connectivity index (χ2n) is 3.87. The average Bonchev–Trinajstić information content (AvgIpc) is 2.68. The van der Waals surface area contributed by atoms with Gasteiger partial charge in [-0.05, 0) is 40.6 Å². The van der Waals surface area contributed by atoms with Crippen LogP contribution in [0.2, 0.25) is 4.34 Å². The van der Waals surface area contributed by atoms with Crippen LogP contribution in [0.25, 0.3) is 10.7 Å². The Kier molecular flexibility index (Phi) is 3.89. The normalized spacial score (nSPS) is 11.1. The van der Waals surface area contributed by atoms with Crippen LogP contribution in [0, 0.1) is 3.57 Å². The summed E-state index contributed by atoms with van der Waals surface area (Å²) >= 11 is 9.32. The molecule has 0 aliphatic rings. The Labute approximate surface area is 121 Å². The van der Waals surface area contributed by atoms with Crippen LogP contribution in [0.5, 0.6) is 0 Å². The van der Waals surface area contributed by atoms with Crippen molar-refractivity contribution in [1.82, 2.24) is 9.97 Å². The Morgan fingerprint density at radius 2 is 2.18 bits per heavy atom. The highest BCUT2D eigenvalue weighted by Crippen LogP contribution is 2.29. The molecule has 2 heterocycles. The summed E-state index contributed by atoms with van der Waals surface area (Å²) in [6, 6.07) is 3.66. The van der Waals surface area contributed by atoms with E-state index >= 15 is 0 Å². The lowest BCUT2D eigenvalue weighted by atomic mass is 10.1. The van der Waals surface area contributed by atoms with E-state index in [4.69, 9.17) is 11.6 Å². The summed E-state index contributed by atoms with van der Waals surface area (Å²) in [6.07, 6.45) is 0. The number of thiophene rings is 1. The predicted molar refractivity (Wildman–Crippen MR) is 80.0 cm³/mol. The van der Waals surface area contributed by atoms with E-state index in [0.717, 1.165) is 10.6 Å². The van der Waals surface area contributed by atoms with Crippen molar-refractivity contribution < 1.29 is 0 Å². The highest BCUT2D eigenvalue weighted by atomic mass is 127. The van der Waals surface area contributed by atoms with E-state index < -0.39 is 0 Å². The molecule has 0 spiro atoms. The summed E-state index contributed by atoms with van der Waals surface area (Å²) in [4.78, 5) is 20.0. The fourth-order valence-corrected chi connectivity index (χ4v) is 3.28. The first-order valence-corrected chi connectivity index (χ1v) is 7.31. The van der Waals surface area contributed by atoms with E-state index in [1.165, 1.54) is 11.3 Å². The summed E-state index contributed by atoms with van der Waals surface area (Å²) in [7, 11) is 0. The number of hydrogen-bond donors (Lipinski definition) is 1. The summed E-state index contributed by atoms with van der Waals surface area (Å²) < 4.78 is 1.34. The summed E-state index contributed by atoms with van der Waals surface area (Å²) in [5, 5.41) is 0. The van der Waals surface area contributed by atoms with Gasteiger partial charge in [-0.25, -0.2) is 4.98 Å². The number of aromatic amines is 1. The van der Waals surface area contributed by atoms with Gasteiger partial charge >= 0.3 is 0 Å². The van der Waals surface area contributed by atoms with Crippen LogP contribution in [-0.4, -0.2) is 9.97 Å². The molecule has 0 amide bonds. The van der Waals surface area contributed by atoms with Gasteiger partial charge in [0, 0.05) is 0 Å². The highest BCUT2D eigenvalue weighted by molar-refractivity contribution is 14.1. The van der Waals surface area contributed by atoms with Crippen molar-refractivity contribution in [3.8, 4) is 10.7 Å². The first kappa shape index (κ1) is 13.0. The van der Waals surface area contributed by atoms with Gasteiger partial charge in [-0.15, -0.1) is 11.3 Å². The van der Waals surface area contributed by atoms with E-state index in [9.17, 15) is 4.79 Å². The zero-order chi connectivity index (χ0) is 12.6. The molecule has 2 rings (SSSR count). The Hall–Kier alpha value is -0.400. The monoisotopic (exact) mass is 380 g/mol. The van der Waals surface area contributed by atoms with Crippen LogP contribution in [-0.2, 0) is 0 Å². The molecule has 0 saturated heterocycles. The van der Waals surface area contributed by atoms with Gasteiger partial charge in [-0.3, -0.25) is 4.79 Å². The second kappa shape index (κ2) is 5.07. The molecule has 0 unspecified atom stereocenters. The standard InChI is InChI=1S/C11H10ClIN2OS/c1-5(2)9-8(13)11(16)15-10(14-9)6-3-4-7(12)17-6/h3-5H,1-2H3,(H,14,15,16). The Morgan fingerprint density at radius 1 is 1.47 bits per heavy atom. The Bertz CT molecular complexity index is 606. The molecule has 90 valence electrons. The quantitative estimate of drug-likeness (QED) is 0.804. The second-order valence-corrected chi connectivity index (χ2v) is 6.67. The van der Waals surface area contributed by atoms with Crippen LogP contribution in [0.1, 0.15) is 25.5 Å². The maximum absolute atomic E-state index is 11.8. The number of nitrogens with one attached hydrogen (secondary N) is 1. The molecule has 0 saturated carbocycles. The Morgan fingerprint density at radius 3 is 2.71 bits per heavy atom. The van der Waals surface area contributed by atoms with Crippen LogP contribution in [0.3, 0.4) is 0 Å². The molecular formula is C11H10ClIN2OS. The zero-order valence-electron chi connectivity index (χ0n) is 9.25. The molecule has 0 aliphatic heterocycles. The molecule has 0 fully saturated rings. The molecule has 0 atom stereocenters. The maximum atomic E-state index is 11.8. The summed E-state index contributed by atoms with van der Waals surface area (Å²) in [5.41, 5.74) is 0.734. The summed E-state index contributed by atoms with van der Waals surface area (Å²) in [5.74, 6) is 0.814. The minimum atomic E-state index is -0.0937. The molecule has 6 heteroatoms. The highest BCUT2D eigenvalue weighted by Gasteiger charge is 2.13. The first-order chi connectivity index (χ1) is 7.99. The van der Waals surface area contributed by atoms with Crippen LogP contribution in [0.4, 0.5) is 0 Å². The number of nitrogens with zero attached hydrogens (tertiary/aromatic N) is 1. The van der Waals surface area contributed by atoms with E-state index in [2.05, 4.69) is 9.97 Å². The van der Waals surface area contributed by atoms with Crippen LogP contribution in [0.15, 0.2) is 16.9 Å². The van der Waals surface area contributed by atoms with E-state index in [0.29, 0.717) is 13.7 Å². The van der Waals surface area contributed by atoms with Gasteiger partial charge in [0.1, 0.15) is 0 Å². The first-order valence-electron chi connectivity index (χ1n) is 5.04. The largest absolute Gasteiger partial charge is 0.305 e. The van der Waals surface area contributed by atoms with Crippen LogP contribution >= 0.6 is 45.5 Å². The average molecular weight is 381 g/mol. The van der Waals surface area contributed by atoms with E-state index in [1.54, 1.807) is 6.07 Å². The smallest absolute Gasteiger partial charge is 0.264 e. The molecule has 3 nitrogen and oxygen atoms in total. The molecule has 17 heavy (non-hydrogen) atoms. The molecule has 0 aliphatic carbocycles. The van der Waals surface area contributed by atoms with Gasteiger partial charge in [0.05, 0.1) is 18.5 Å². The lowest BCUT2D eigenvalue weighted by molar-refractivity contribution is 0.803. The van der Waals surface area contributed by atoms with E-state index in [1.807, 2.05) is 42.5 Å². The van der Waals surface area contributed by atoms with Crippen molar-refractivity contribution in [1.29, 1.82) is 0 Å². The number of rotatable bonds is 2. The number of aromatic nitrogens is 2. The fraction of sp³-hybridized carbons (Fsp3) is 0.273. The van der Waals surface area contributed by atoms with Crippen molar-refractivity contribution in [3.63, 3.8) is 0 Å². The zero-order valence-corrected chi connectivity index (χ0v) is 13.0. The molecule has 1 N–H and O–H groups in total. The Balaban J connectivity index is 2.61. The number of halogens is 2. The third kappa shape index (κ3) is 2.71. The maximum Gasteiger partial charge on any atom is 0.264 e. The predicted octanol–water partition coefficient (Wildman–Crippen LogP) is 3.88. The fourth-order valence-electron chi connectivity index (χ4n) is 1.42. The number of hydrogen-bond acceptors (Lipinski definition) is 3. The lowest BCUT2D eigenvalue weighted by Crippen LogP contribution is -2.16. The van der Waals surface area contributed by atoms with Crippen LogP contribution < -0.4 is 5.56 Å². The van der Waals surface area contributed by atoms with Gasteiger partial charge in [0.15, 0.2) is 5.82 Å². The molecule has 2 aromatic heterocycles. The third-order valence-electron chi connectivity index (χ3n) is 2.24. The third-order valence-corrected chi connectivity index (χ3v) is 4.52. The van der Waals surface area contributed by atoms with Crippen molar-refractivity contribution in [3.05, 3.63) is 36.1 Å². The van der Waals surface area contributed by atoms with Crippen molar-refractivity contribution in [2.24, 2.45) is 0 Å². The van der Waals surface area contributed by atoms with Gasteiger partial charge < -0.3 is 4.98 Å². The van der Waals surface area contributed by atoms with Crippen molar-refractivity contribution >= 4 is 45.5 Å². The SMILES string of the molecule is CC(C)c1nc(-c2ccc(Cl)s2)[nH]c(=O)c1I. The molecule has 2 aromatic rings. The lowest BCUT2D eigenvalue weighted by Gasteiger charge is -2.08. The van der Waals surface area contributed by atoms with Gasteiger partial charge in [0.25, 0.3) is 5.56 Å². The molecule has 0 aromatic carbocycles. The molecule has 0 radical (unpaired) electrons. The minimum Gasteiger partial charge on any atom is -0.305 e. The topological polar surface area (TPSA) is 45.8 Å². The van der Waals surface area contributed by atoms with Gasteiger partial charge in [-0.1, -0.05) is 25.4 Å².